The van der Waals surface area contributed by atoms with Gasteiger partial charge in [-0.1, -0.05) is 15.9 Å². The van der Waals surface area contributed by atoms with Gasteiger partial charge in [-0.05, 0) is 44.5 Å². The van der Waals surface area contributed by atoms with E-state index in [4.69, 9.17) is 0 Å². The average Bonchev–Trinajstić information content (AvgIpc) is 2.08. The van der Waals surface area contributed by atoms with E-state index in [-0.39, 0.29) is 0 Å². The van der Waals surface area contributed by atoms with Crippen LogP contribution in [0, 0.1) is 6.92 Å². The van der Waals surface area contributed by atoms with Gasteiger partial charge in [-0.3, -0.25) is 4.79 Å². The van der Waals surface area contributed by atoms with Crippen LogP contribution in [0.3, 0.4) is 0 Å². The second kappa shape index (κ2) is 4.33. The van der Waals surface area contributed by atoms with E-state index < -0.39 is 11.5 Å². The van der Waals surface area contributed by atoms with Crippen molar-refractivity contribution in [1.82, 2.24) is 0 Å². The lowest BCUT2D eigenvalue weighted by Crippen LogP contribution is -2.36. The number of hydrogen-bond acceptors (Lipinski definition) is 2. The Hall–Kier alpha value is -0.870. The van der Waals surface area contributed by atoms with Crippen LogP contribution >= 0.6 is 15.9 Å². The summed E-state index contributed by atoms with van der Waals surface area (Å²) in [6.45, 7) is 4.80. The third kappa shape index (κ3) is 3.32. The van der Waals surface area contributed by atoms with Gasteiger partial charge in [0.1, 0.15) is 5.60 Å². The van der Waals surface area contributed by atoms with Crippen molar-refractivity contribution in [2.75, 3.05) is 5.32 Å². The Morgan fingerprint density at radius 1 is 1.47 bits per heavy atom. The first-order valence-corrected chi connectivity index (χ1v) is 5.40. The smallest absolute Gasteiger partial charge is 0.255 e. The molecule has 82 valence electrons. The third-order valence-electron chi connectivity index (χ3n) is 1.99. The second-order valence-corrected chi connectivity index (χ2v) is 4.89. The fourth-order valence-electron chi connectivity index (χ4n) is 1.04. The molecular formula is C11H14BrNO2. The zero-order chi connectivity index (χ0) is 11.6. The molecule has 15 heavy (non-hydrogen) atoms. The summed E-state index contributed by atoms with van der Waals surface area (Å²) in [6, 6.07) is 5.54. The van der Waals surface area contributed by atoms with Crippen LogP contribution in [0.15, 0.2) is 22.7 Å². The van der Waals surface area contributed by atoms with Gasteiger partial charge in [0.25, 0.3) is 5.91 Å². The fraction of sp³-hybridized carbons (Fsp3) is 0.364. The minimum atomic E-state index is -1.36. The molecule has 1 aromatic carbocycles. The van der Waals surface area contributed by atoms with E-state index in [1.165, 1.54) is 13.8 Å². The van der Waals surface area contributed by atoms with Crippen molar-refractivity contribution in [3.63, 3.8) is 0 Å². The summed E-state index contributed by atoms with van der Waals surface area (Å²) in [5.41, 5.74) is 0.298. The van der Waals surface area contributed by atoms with E-state index in [1.807, 2.05) is 19.1 Å². The van der Waals surface area contributed by atoms with Gasteiger partial charge in [0, 0.05) is 10.2 Å². The first kappa shape index (κ1) is 12.2. The Labute approximate surface area is 97.6 Å². The molecule has 0 aliphatic carbocycles. The second-order valence-electron chi connectivity index (χ2n) is 3.97. The van der Waals surface area contributed by atoms with E-state index in [0.29, 0.717) is 5.69 Å². The highest BCUT2D eigenvalue weighted by Gasteiger charge is 2.23. The highest BCUT2D eigenvalue weighted by Crippen LogP contribution is 2.20. The summed E-state index contributed by atoms with van der Waals surface area (Å²) in [7, 11) is 0. The van der Waals surface area contributed by atoms with Crippen LogP contribution < -0.4 is 5.32 Å². The van der Waals surface area contributed by atoms with Gasteiger partial charge in [-0.15, -0.1) is 0 Å². The monoisotopic (exact) mass is 271 g/mol. The highest BCUT2D eigenvalue weighted by atomic mass is 79.9. The molecule has 0 unspecified atom stereocenters. The summed E-state index contributed by atoms with van der Waals surface area (Å²) in [4.78, 5) is 11.5. The SMILES string of the molecule is Cc1cc(Br)ccc1NC(=O)C(C)(C)O. The van der Waals surface area contributed by atoms with Crippen LogP contribution in [0.5, 0.6) is 0 Å². The maximum Gasteiger partial charge on any atom is 0.255 e. The van der Waals surface area contributed by atoms with Gasteiger partial charge in [0.2, 0.25) is 0 Å². The predicted octanol–water partition coefficient (Wildman–Crippen LogP) is 2.47. The molecule has 0 aromatic heterocycles. The molecule has 0 spiro atoms. The van der Waals surface area contributed by atoms with Crippen LogP contribution in [0.2, 0.25) is 0 Å². The van der Waals surface area contributed by atoms with Crippen molar-refractivity contribution < 1.29 is 9.90 Å². The first-order chi connectivity index (χ1) is 6.80. The van der Waals surface area contributed by atoms with E-state index in [1.54, 1.807) is 6.07 Å². The Morgan fingerprint density at radius 2 is 2.07 bits per heavy atom. The summed E-state index contributed by atoms with van der Waals surface area (Å²) in [5.74, 6) is -0.409. The van der Waals surface area contributed by atoms with Crippen molar-refractivity contribution in [3.8, 4) is 0 Å². The number of aryl methyl sites for hydroxylation is 1. The molecule has 0 radical (unpaired) electrons. The molecule has 0 saturated carbocycles. The Balaban J connectivity index is 2.87. The molecule has 2 N–H and O–H groups in total. The number of carbonyl (C=O) groups is 1. The predicted molar refractivity (Wildman–Crippen MR) is 63.8 cm³/mol. The van der Waals surface area contributed by atoms with E-state index >= 15 is 0 Å². The van der Waals surface area contributed by atoms with Gasteiger partial charge in [0.15, 0.2) is 0 Å². The largest absolute Gasteiger partial charge is 0.381 e. The fourth-order valence-corrected chi connectivity index (χ4v) is 1.52. The number of nitrogens with one attached hydrogen (secondary N) is 1. The Morgan fingerprint density at radius 3 is 2.53 bits per heavy atom. The number of carbonyl (C=O) groups excluding carboxylic acids is 1. The summed E-state index contributed by atoms with van der Waals surface area (Å²) >= 11 is 3.34. The maximum atomic E-state index is 11.5. The standard InChI is InChI=1S/C11H14BrNO2/c1-7-6-8(12)4-5-9(7)13-10(14)11(2,3)15/h4-6,15H,1-3H3,(H,13,14). The normalized spacial score (nSPS) is 11.3. The average molecular weight is 272 g/mol. The van der Waals surface area contributed by atoms with E-state index in [2.05, 4.69) is 21.2 Å². The molecule has 0 aliphatic rings. The first-order valence-electron chi connectivity index (χ1n) is 4.60. The van der Waals surface area contributed by atoms with Crippen LogP contribution in [-0.4, -0.2) is 16.6 Å². The lowest BCUT2D eigenvalue weighted by molar-refractivity contribution is -0.130. The Kier molecular flexibility index (Phi) is 3.52. The van der Waals surface area contributed by atoms with Crippen LogP contribution in [-0.2, 0) is 4.79 Å². The molecule has 0 saturated heterocycles. The van der Waals surface area contributed by atoms with Gasteiger partial charge < -0.3 is 10.4 Å². The molecular weight excluding hydrogens is 258 g/mol. The van der Waals surface area contributed by atoms with Crippen molar-refractivity contribution >= 4 is 27.5 Å². The lowest BCUT2D eigenvalue weighted by Gasteiger charge is -2.17. The topological polar surface area (TPSA) is 49.3 Å². The molecule has 0 bridgehead atoms. The molecule has 0 aliphatic heterocycles. The van der Waals surface area contributed by atoms with Crippen molar-refractivity contribution in [1.29, 1.82) is 0 Å². The molecule has 1 rings (SSSR count). The quantitative estimate of drug-likeness (QED) is 0.868. The van der Waals surface area contributed by atoms with Gasteiger partial charge in [0.05, 0.1) is 0 Å². The molecule has 3 nitrogen and oxygen atoms in total. The zero-order valence-electron chi connectivity index (χ0n) is 8.97. The number of hydrogen-bond donors (Lipinski definition) is 2. The van der Waals surface area contributed by atoms with E-state index in [9.17, 15) is 9.90 Å². The summed E-state index contributed by atoms with van der Waals surface area (Å²) in [6.07, 6.45) is 0. The number of aliphatic hydroxyl groups is 1. The summed E-state index contributed by atoms with van der Waals surface area (Å²) in [5, 5.41) is 12.1. The van der Waals surface area contributed by atoms with Crippen LogP contribution in [0.4, 0.5) is 5.69 Å². The molecule has 0 heterocycles. The zero-order valence-corrected chi connectivity index (χ0v) is 10.6. The lowest BCUT2D eigenvalue weighted by atomic mass is 10.1. The molecule has 0 atom stereocenters. The highest BCUT2D eigenvalue weighted by molar-refractivity contribution is 9.10. The molecule has 0 fully saturated rings. The maximum absolute atomic E-state index is 11.5. The van der Waals surface area contributed by atoms with Gasteiger partial charge >= 0.3 is 0 Å². The van der Waals surface area contributed by atoms with Crippen molar-refractivity contribution in [2.45, 2.75) is 26.4 Å². The van der Waals surface area contributed by atoms with Gasteiger partial charge in [-0.25, -0.2) is 0 Å². The number of halogens is 1. The molecule has 1 amide bonds. The van der Waals surface area contributed by atoms with E-state index in [0.717, 1.165) is 10.0 Å². The van der Waals surface area contributed by atoms with Crippen LogP contribution in [0.25, 0.3) is 0 Å². The number of benzene rings is 1. The molecule has 1 aromatic rings. The number of anilines is 1. The minimum absolute atomic E-state index is 0.409. The van der Waals surface area contributed by atoms with Crippen molar-refractivity contribution in [3.05, 3.63) is 28.2 Å². The molecule has 4 heteroatoms. The minimum Gasteiger partial charge on any atom is -0.381 e. The number of amides is 1. The Bertz CT molecular complexity index is 383. The van der Waals surface area contributed by atoms with Crippen molar-refractivity contribution in [2.24, 2.45) is 0 Å². The third-order valence-corrected chi connectivity index (χ3v) is 2.49. The number of rotatable bonds is 2. The van der Waals surface area contributed by atoms with Crippen LogP contribution in [0.1, 0.15) is 19.4 Å². The summed E-state index contributed by atoms with van der Waals surface area (Å²) < 4.78 is 0.959. The van der Waals surface area contributed by atoms with Gasteiger partial charge in [-0.2, -0.15) is 0 Å².